The van der Waals surface area contributed by atoms with E-state index in [2.05, 4.69) is 13.8 Å². The summed E-state index contributed by atoms with van der Waals surface area (Å²) in [6.07, 6.45) is 7.48. The summed E-state index contributed by atoms with van der Waals surface area (Å²) in [5, 5.41) is 0. The first-order chi connectivity index (χ1) is 9.24. The molecular weight excluding hydrogens is 244 g/mol. The molecular formula is C15H27O4. The standard InChI is InChI=1S/C15H27O4/c1-3-5-9-18-11-7-15(13-16,14-17)8-12-19-10-6-4-2/h13H,3-12H2,1-2H3. The molecule has 0 aromatic carbocycles. The number of aldehydes is 1. The van der Waals surface area contributed by atoms with Crippen molar-refractivity contribution in [3.8, 4) is 0 Å². The van der Waals surface area contributed by atoms with Gasteiger partial charge in [-0.15, -0.1) is 0 Å². The zero-order valence-corrected chi connectivity index (χ0v) is 12.3. The minimum Gasteiger partial charge on any atom is -0.381 e. The van der Waals surface area contributed by atoms with Crippen LogP contribution in [0.2, 0.25) is 0 Å². The van der Waals surface area contributed by atoms with E-state index in [0.717, 1.165) is 25.7 Å². The Hall–Kier alpha value is -0.740. The quantitative estimate of drug-likeness (QED) is 0.277. The Morgan fingerprint density at radius 1 is 0.947 bits per heavy atom. The highest BCUT2D eigenvalue weighted by molar-refractivity contribution is 5.83. The molecule has 1 radical (unpaired) electrons. The molecule has 0 amide bonds. The maximum atomic E-state index is 11.1. The van der Waals surface area contributed by atoms with Crippen LogP contribution in [0.25, 0.3) is 0 Å². The zero-order chi connectivity index (χ0) is 14.4. The van der Waals surface area contributed by atoms with E-state index in [9.17, 15) is 9.59 Å². The lowest BCUT2D eigenvalue weighted by atomic mass is 9.85. The van der Waals surface area contributed by atoms with Gasteiger partial charge in [0.05, 0.1) is 5.41 Å². The summed E-state index contributed by atoms with van der Waals surface area (Å²) in [5.74, 6) is 0. The molecule has 0 atom stereocenters. The monoisotopic (exact) mass is 271 g/mol. The van der Waals surface area contributed by atoms with Crippen LogP contribution in [-0.2, 0) is 19.1 Å². The Kier molecular flexibility index (Phi) is 11.8. The summed E-state index contributed by atoms with van der Waals surface area (Å²) in [6.45, 7) is 6.37. The average Bonchev–Trinajstić information content (AvgIpc) is 2.45. The highest BCUT2D eigenvalue weighted by Gasteiger charge is 2.30. The maximum Gasteiger partial charge on any atom is 0.212 e. The largest absolute Gasteiger partial charge is 0.381 e. The van der Waals surface area contributed by atoms with Crippen molar-refractivity contribution in [2.24, 2.45) is 5.41 Å². The van der Waals surface area contributed by atoms with Crippen LogP contribution >= 0.6 is 0 Å². The zero-order valence-electron chi connectivity index (χ0n) is 12.3. The molecule has 0 aliphatic heterocycles. The van der Waals surface area contributed by atoms with Gasteiger partial charge < -0.3 is 14.3 Å². The van der Waals surface area contributed by atoms with Crippen LogP contribution in [0.5, 0.6) is 0 Å². The van der Waals surface area contributed by atoms with Crippen molar-refractivity contribution in [1.82, 2.24) is 0 Å². The molecule has 0 N–H and O–H groups in total. The molecule has 0 unspecified atom stereocenters. The van der Waals surface area contributed by atoms with Gasteiger partial charge in [0, 0.05) is 26.4 Å². The molecule has 111 valence electrons. The van der Waals surface area contributed by atoms with Crippen molar-refractivity contribution in [1.29, 1.82) is 0 Å². The van der Waals surface area contributed by atoms with E-state index < -0.39 is 5.41 Å². The van der Waals surface area contributed by atoms with Gasteiger partial charge in [-0.1, -0.05) is 26.7 Å². The number of carbonyl (C=O) groups excluding carboxylic acids is 2. The minimum absolute atomic E-state index is 0.390. The van der Waals surface area contributed by atoms with Crippen molar-refractivity contribution in [3.63, 3.8) is 0 Å². The first-order valence-corrected chi connectivity index (χ1v) is 7.25. The normalized spacial score (nSPS) is 11.5. The number of ether oxygens (including phenoxy) is 2. The summed E-state index contributed by atoms with van der Waals surface area (Å²) in [4.78, 5) is 22.2. The van der Waals surface area contributed by atoms with Gasteiger partial charge in [-0.25, -0.2) is 0 Å². The Morgan fingerprint density at radius 2 is 1.42 bits per heavy atom. The molecule has 0 spiro atoms. The van der Waals surface area contributed by atoms with Gasteiger partial charge in [-0.3, -0.25) is 4.79 Å². The number of rotatable bonds is 14. The topological polar surface area (TPSA) is 52.6 Å². The number of hydrogen-bond acceptors (Lipinski definition) is 4. The van der Waals surface area contributed by atoms with Gasteiger partial charge in [0.2, 0.25) is 6.29 Å². The highest BCUT2D eigenvalue weighted by Crippen LogP contribution is 2.21. The van der Waals surface area contributed by atoms with Crippen LogP contribution in [-0.4, -0.2) is 39.0 Å². The van der Waals surface area contributed by atoms with Crippen molar-refractivity contribution in [2.45, 2.75) is 52.4 Å². The van der Waals surface area contributed by atoms with E-state index in [1.807, 2.05) is 6.29 Å². The molecule has 4 heteroatoms. The van der Waals surface area contributed by atoms with E-state index in [1.165, 1.54) is 0 Å². The van der Waals surface area contributed by atoms with E-state index in [0.29, 0.717) is 45.6 Å². The predicted molar refractivity (Wildman–Crippen MR) is 74.9 cm³/mol. The second kappa shape index (κ2) is 12.3. The fraction of sp³-hybridized carbons (Fsp3) is 0.867. The highest BCUT2D eigenvalue weighted by atomic mass is 16.5. The minimum atomic E-state index is -1.06. The van der Waals surface area contributed by atoms with Crippen LogP contribution in [0, 0.1) is 5.41 Å². The molecule has 0 heterocycles. The summed E-state index contributed by atoms with van der Waals surface area (Å²) in [6, 6.07) is 0. The fourth-order valence-electron chi connectivity index (χ4n) is 1.57. The Morgan fingerprint density at radius 3 is 1.74 bits per heavy atom. The van der Waals surface area contributed by atoms with Crippen LogP contribution < -0.4 is 0 Å². The third-order valence-electron chi connectivity index (χ3n) is 3.10. The van der Waals surface area contributed by atoms with E-state index >= 15 is 0 Å². The molecule has 0 aliphatic carbocycles. The molecule has 0 saturated carbocycles. The first kappa shape index (κ1) is 18.3. The summed E-state index contributed by atoms with van der Waals surface area (Å²) >= 11 is 0. The lowest BCUT2D eigenvalue weighted by molar-refractivity contribution is -0.115. The van der Waals surface area contributed by atoms with Crippen molar-refractivity contribution in [3.05, 3.63) is 0 Å². The van der Waals surface area contributed by atoms with E-state index in [1.54, 1.807) is 0 Å². The Balaban J connectivity index is 3.90. The molecule has 4 nitrogen and oxygen atoms in total. The molecule has 0 aliphatic rings. The lowest BCUT2D eigenvalue weighted by Gasteiger charge is -2.20. The molecule has 0 aromatic rings. The van der Waals surface area contributed by atoms with Gasteiger partial charge >= 0.3 is 0 Å². The predicted octanol–water partition coefficient (Wildman–Crippen LogP) is 2.70. The average molecular weight is 271 g/mol. The first-order valence-electron chi connectivity index (χ1n) is 7.25. The second-order valence-electron chi connectivity index (χ2n) is 4.81. The summed E-state index contributed by atoms with van der Waals surface area (Å²) in [5.41, 5.74) is -1.06. The van der Waals surface area contributed by atoms with E-state index in [4.69, 9.17) is 9.47 Å². The second-order valence-corrected chi connectivity index (χ2v) is 4.81. The van der Waals surface area contributed by atoms with Crippen molar-refractivity contribution in [2.75, 3.05) is 26.4 Å². The molecule has 0 bridgehead atoms. The van der Waals surface area contributed by atoms with Crippen molar-refractivity contribution >= 4 is 12.6 Å². The van der Waals surface area contributed by atoms with Crippen molar-refractivity contribution < 1.29 is 19.1 Å². The van der Waals surface area contributed by atoms with Crippen LogP contribution in [0.1, 0.15) is 52.4 Å². The Labute approximate surface area is 116 Å². The number of unbranched alkanes of at least 4 members (excludes halogenated alkanes) is 2. The van der Waals surface area contributed by atoms with Crippen LogP contribution in [0.15, 0.2) is 0 Å². The number of hydrogen-bond donors (Lipinski definition) is 0. The smallest absolute Gasteiger partial charge is 0.212 e. The van der Waals surface area contributed by atoms with Crippen LogP contribution in [0.4, 0.5) is 0 Å². The third kappa shape index (κ3) is 8.89. The molecule has 19 heavy (non-hydrogen) atoms. The van der Waals surface area contributed by atoms with Gasteiger partial charge in [0.15, 0.2) is 0 Å². The third-order valence-corrected chi connectivity index (χ3v) is 3.10. The van der Waals surface area contributed by atoms with Crippen LogP contribution in [0.3, 0.4) is 0 Å². The summed E-state index contributed by atoms with van der Waals surface area (Å²) in [7, 11) is 0. The van der Waals surface area contributed by atoms with Gasteiger partial charge in [0.1, 0.15) is 6.29 Å². The summed E-state index contributed by atoms with van der Waals surface area (Å²) < 4.78 is 10.8. The fourth-order valence-corrected chi connectivity index (χ4v) is 1.57. The van der Waals surface area contributed by atoms with Gasteiger partial charge in [-0.2, -0.15) is 0 Å². The van der Waals surface area contributed by atoms with Gasteiger partial charge in [0.25, 0.3) is 0 Å². The molecule has 0 saturated heterocycles. The molecule has 0 fully saturated rings. The SMILES string of the molecule is CCCCOCCC([C]=O)(C=O)CCOCCCC. The Bertz CT molecular complexity index is 204. The maximum absolute atomic E-state index is 11.1. The molecule has 0 rings (SSSR count). The molecule has 0 aromatic heterocycles. The lowest BCUT2D eigenvalue weighted by Crippen LogP contribution is -2.28. The van der Waals surface area contributed by atoms with Gasteiger partial charge in [-0.05, 0) is 25.7 Å². The number of carbonyl (C=O) groups is 1. The van der Waals surface area contributed by atoms with E-state index in [-0.39, 0.29) is 0 Å².